The van der Waals surface area contributed by atoms with Gasteiger partial charge in [-0.3, -0.25) is 0 Å². The molecule has 1 unspecified atom stereocenters. The number of hydrogen-bond acceptors (Lipinski definition) is 1. The summed E-state index contributed by atoms with van der Waals surface area (Å²) in [6.45, 7) is 2.70. The molecule has 0 amide bonds. The fourth-order valence-corrected chi connectivity index (χ4v) is 2.72. The van der Waals surface area contributed by atoms with Crippen LogP contribution in [0.25, 0.3) is 0 Å². The first-order valence-electron chi connectivity index (χ1n) is 6.63. The van der Waals surface area contributed by atoms with E-state index in [1.807, 2.05) is 19.1 Å². The molecule has 2 rings (SSSR count). The Balaban J connectivity index is 2.30. The van der Waals surface area contributed by atoms with Gasteiger partial charge in [0.2, 0.25) is 0 Å². The standard InChI is InChI=1S/C16H15BrClF2N/c1-2-21-16(10-3-5-14(18)13(17)8-10)9-11-7-12(19)4-6-15(11)20/h3-8,16,21H,2,9H2,1H3. The van der Waals surface area contributed by atoms with Gasteiger partial charge in [0.1, 0.15) is 11.6 Å². The average Bonchev–Trinajstić information content (AvgIpc) is 2.45. The lowest BCUT2D eigenvalue weighted by molar-refractivity contribution is 0.522. The first kappa shape index (κ1) is 16.4. The van der Waals surface area contributed by atoms with Crippen molar-refractivity contribution in [3.8, 4) is 0 Å². The Morgan fingerprint density at radius 1 is 1.19 bits per heavy atom. The van der Waals surface area contributed by atoms with Crippen LogP contribution < -0.4 is 5.32 Å². The molecule has 0 heterocycles. The Hall–Kier alpha value is -0.970. The molecule has 0 bridgehead atoms. The van der Waals surface area contributed by atoms with Crippen LogP contribution in [0.15, 0.2) is 40.9 Å². The lowest BCUT2D eigenvalue weighted by atomic mass is 9.98. The van der Waals surface area contributed by atoms with Crippen molar-refractivity contribution in [2.75, 3.05) is 6.54 Å². The fourth-order valence-electron chi connectivity index (χ4n) is 2.20. The van der Waals surface area contributed by atoms with Crippen molar-refractivity contribution in [2.24, 2.45) is 0 Å². The maximum Gasteiger partial charge on any atom is 0.126 e. The molecule has 112 valence electrons. The lowest BCUT2D eigenvalue weighted by Gasteiger charge is -2.19. The average molecular weight is 375 g/mol. The Bertz CT molecular complexity index is 634. The molecule has 0 fully saturated rings. The van der Waals surface area contributed by atoms with Crippen LogP contribution in [0.5, 0.6) is 0 Å². The minimum atomic E-state index is -0.432. The molecule has 0 aliphatic carbocycles. The largest absolute Gasteiger partial charge is 0.310 e. The van der Waals surface area contributed by atoms with Gasteiger partial charge >= 0.3 is 0 Å². The van der Waals surface area contributed by atoms with Crippen molar-refractivity contribution >= 4 is 27.5 Å². The number of halogens is 4. The molecule has 21 heavy (non-hydrogen) atoms. The van der Waals surface area contributed by atoms with Gasteiger partial charge in [0.25, 0.3) is 0 Å². The van der Waals surface area contributed by atoms with E-state index in [9.17, 15) is 8.78 Å². The summed E-state index contributed by atoms with van der Waals surface area (Å²) >= 11 is 9.37. The van der Waals surface area contributed by atoms with Gasteiger partial charge in [0, 0.05) is 10.5 Å². The van der Waals surface area contributed by atoms with Crippen molar-refractivity contribution in [2.45, 2.75) is 19.4 Å². The van der Waals surface area contributed by atoms with Gasteiger partial charge in [-0.05, 0) is 70.4 Å². The van der Waals surface area contributed by atoms with Crippen LogP contribution in [0.3, 0.4) is 0 Å². The van der Waals surface area contributed by atoms with Crippen LogP contribution in [0, 0.1) is 11.6 Å². The first-order valence-corrected chi connectivity index (χ1v) is 7.80. The zero-order valence-corrected chi connectivity index (χ0v) is 13.8. The van der Waals surface area contributed by atoms with Gasteiger partial charge in [-0.15, -0.1) is 0 Å². The van der Waals surface area contributed by atoms with E-state index >= 15 is 0 Å². The summed E-state index contributed by atoms with van der Waals surface area (Å²) in [5, 5.41) is 3.90. The molecule has 0 aliphatic rings. The first-order chi connectivity index (χ1) is 10.0. The van der Waals surface area contributed by atoms with Crippen LogP contribution in [-0.2, 0) is 6.42 Å². The summed E-state index contributed by atoms with van der Waals surface area (Å²) in [6.07, 6.45) is 0.367. The smallest absolute Gasteiger partial charge is 0.126 e. The molecule has 0 radical (unpaired) electrons. The van der Waals surface area contributed by atoms with Crippen LogP contribution in [-0.4, -0.2) is 6.54 Å². The molecule has 0 spiro atoms. The topological polar surface area (TPSA) is 12.0 Å². The van der Waals surface area contributed by atoms with Crippen LogP contribution in [0.4, 0.5) is 8.78 Å². The maximum atomic E-state index is 13.8. The van der Waals surface area contributed by atoms with Crippen LogP contribution in [0.1, 0.15) is 24.1 Å². The summed E-state index contributed by atoms with van der Waals surface area (Å²) in [5.41, 5.74) is 1.32. The highest BCUT2D eigenvalue weighted by atomic mass is 79.9. The minimum Gasteiger partial charge on any atom is -0.310 e. The zero-order valence-electron chi connectivity index (χ0n) is 11.5. The Morgan fingerprint density at radius 3 is 2.62 bits per heavy atom. The summed E-state index contributed by atoms with van der Waals surface area (Å²) < 4.78 is 27.9. The van der Waals surface area contributed by atoms with Gasteiger partial charge in [-0.2, -0.15) is 0 Å². The highest BCUT2D eigenvalue weighted by Gasteiger charge is 2.15. The third kappa shape index (κ3) is 4.25. The summed E-state index contributed by atoms with van der Waals surface area (Å²) in [4.78, 5) is 0. The lowest BCUT2D eigenvalue weighted by Crippen LogP contribution is -2.23. The van der Waals surface area contributed by atoms with Crippen molar-refractivity contribution in [1.82, 2.24) is 5.32 Å². The fraction of sp³-hybridized carbons (Fsp3) is 0.250. The van der Waals surface area contributed by atoms with E-state index < -0.39 is 11.6 Å². The van der Waals surface area contributed by atoms with Gasteiger partial charge in [-0.1, -0.05) is 24.6 Å². The quantitative estimate of drug-likeness (QED) is 0.751. The molecule has 0 saturated heterocycles. The predicted molar refractivity (Wildman–Crippen MR) is 85.6 cm³/mol. The van der Waals surface area contributed by atoms with E-state index in [-0.39, 0.29) is 6.04 Å². The van der Waals surface area contributed by atoms with Crippen LogP contribution in [0.2, 0.25) is 5.02 Å². The second kappa shape index (κ2) is 7.34. The Morgan fingerprint density at radius 2 is 1.95 bits per heavy atom. The molecule has 2 aromatic rings. The van der Waals surface area contributed by atoms with Crippen molar-refractivity contribution in [3.05, 3.63) is 68.7 Å². The molecule has 0 saturated carbocycles. The SMILES string of the molecule is CCNC(Cc1cc(F)ccc1F)c1ccc(Cl)c(Br)c1. The molecule has 5 heteroatoms. The molecule has 0 aromatic heterocycles. The minimum absolute atomic E-state index is 0.111. The van der Waals surface area contributed by atoms with E-state index in [1.165, 1.54) is 6.07 Å². The molecular weight excluding hydrogens is 360 g/mol. The van der Waals surface area contributed by atoms with E-state index in [1.54, 1.807) is 6.07 Å². The van der Waals surface area contributed by atoms with Gasteiger partial charge in [-0.25, -0.2) is 8.78 Å². The number of hydrogen-bond donors (Lipinski definition) is 1. The molecule has 1 N–H and O–H groups in total. The van der Waals surface area contributed by atoms with E-state index in [2.05, 4.69) is 21.2 Å². The van der Waals surface area contributed by atoms with Gasteiger partial charge in [0.05, 0.1) is 5.02 Å². The van der Waals surface area contributed by atoms with E-state index in [0.29, 0.717) is 17.0 Å². The Kier molecular flexibility index (Phi) is 5.73. The van der Waals surface area contributed by atoms with Crippen molar-refractivity contribution in [1.29, 1.82) is 0 Å². The summed E-state index contributed by atoms with van der Waals surface area (Å²) in [5.74, 6) is -0.828. The third-order valence-electron chi connectivity index (χ3n) is 3.23. The Labute approximate surface area is 136 Å². The van der Waals surface area contributed by atoms with E-state index in [4.69, 9.17) is 11.6 Å². The van der Waals surface area contributed by atoms with Crippen molar-refractivity contribution in [3.63, 3.8) is 0 Å². The number of benzene rings is 2. The summed E-state index contributed by atoms with van der Waals surface area (Å²) in [6, 6.07) is 8.98. The molecular formula is C16H15BrClF2N. The third-order valence-corrected chi connectivity index (χ3v) is 4.44. The zero-order chi connectivity index (χ0) is 15.4. The normalized spacial score (nSPS) is 12.4. The molecule has 0 aliphatic heterocycles. The number of likely N-dealkylation sites (N-methyl/N-ethyl adjacent to an activating group) is 1. The maximum absolute atomic E-state index is 13.8. The van der Waals surface area contributed by atoms with Crippen molar-refractivity contribution < 1.29 is 8.78 Å². The number of rotatable bonds is 5. The molecule has 1 atom stereocenters. The second-order valence-corrected chi connectivity index (χ2v) is 5.99. The highest BCUT2D eigenvalue weighted by molar-refractivity contribution is 9.10. The highest BCUT2D eigenvalue weighted by Crippen LogP contribution is 2.28. The second-order valence-electron chi connectivity index (χ2n) is 4.72. The van der Waals surface area contributed by atoms with Crippen LogP contribution >= 0.6 is 27.5 Å². The van der Waals surface area contributed by atoms with Gasteiger partial charge < -0.3 is 5.32 Å². The predicted octanol–water partition coefficient (Wildman–Crippen LogP) is 5.27. The molecule has 2 aromatic carbocycles. The molecule has 1 nitrogen and oxygen atoms in total. The van der Waals surface area contributed by atoms with Gasteiger partial charge in [0.15, 0.2) is 0 Å². The number of nitrogens with one attached hydrogen (secondary N) is 1. The van der Waals surface area contributed by atoms with E-state index in [0.717, 1.165) is 28.7 Å². The monoisotopic (exact) mass is 373 g/mol. The summed E-state index contributed by atoms with van der Waals surface area (Å²) in [7, 11) is 0.